The number of aromatic nitrogens is 3. The molecule has 0 unspecified atom stereocenters. The number of anilines is 1. The van der Waals surface area contributed by atoms with E-state index in [-0.39, 0.29) is 18.4 Å². The van der Waals surface area contributed by atoms with E-state index in [2.05, 4.69) is 20.7 Å². The third kappa shape index (κ3) is 5.01. The average Bonchev–Trinajstić information content (AvgIpc) is 3.50. The van der Waals surface area contributed by atoms with Crippen LogP contribution in [0.25, 0.3) is 16.1 Å². The molecule has 0 aliphatic rings. The van der Waals surface area contributed by atoms with E-state index in [4.69, 9.17) is 4.74 Å². The molecule has 162 valence electrons. The molecule has 4 aromatic rings. The topological polar surface area (TPSA) is 98.1 Å². The maximum Gasteiger partial charge on any atom is 0.265 e. The molecule has 0 aliphatic carbocycles. The van der Waals surface area contributed by atoms with E-state index in [1.54, 1.807) is 23.1 Å². The minimum absolute atomic E-state index is 0.159. The predicted octanol–water partition coefficient (Wildman–Crippen LogP) is 3.76. The van der Waals surface area contributed by atoms with Gasteiger partial charge in [0.15, 0.2) is 0 Å². The van der Waals surface area contributed by atoms with Gasteiger partial charge in [0.25, 0.3) is 5.91 Å². The molecular formula is C23H21N5O3S. The number of hydrogen-bond acceptors (Lipinski definition) is 6. The normalized spacial score (nSPS) is 10.5. The molecular weight excluding hydrogens is 426 g/mol. The van der Waals surface area contributed by atoms with Crippen LogP contribution in [0.5, 0.6) is 5.75 Å². The maximum atomic E-state index is 12.7. The summed E-state index contributed by atoms with van der Waals surface area (Å²) in [7, 11) is 0. The van der Waals surface area contributed by atoms with Crippen LogP contribution < -0.4 is 15.4 Å². The largest absolute Gasteiger partial charge is 0.492 e. The predicted molar refractivity (Wildman–Crippen MR) is 123 cm³/mol. The molecule has 32 heavy (non-hydrogen) atoms. The fourth-order valence-corrected chi connectivity index (χ4v) is 4.05. The number of hydrogen-bond donors (Lipinski definition) is 2. The standard InChI is InChI=1S/C23H21N5O3S/c1-2-31-19-12-20(16-6-4-3-5-7-16)32-22(19)23(30)25-13-21(29)27-17-8-10-18(11-9-17)28-15-24-14-26-28/h3-12,14-15H,2,13H2,1H3,(H,25,30)(H,27,29). The summed E-state index contributed by atoms with van der Waals surface area (Å²) in [5, 5.41) is 9.50. The molecule has 0 bridgehead atoms. The number of nitrogens with zero attached hydrogens (tertiary/aromatic N) is 3. The highest BCUT2D eigenvalue weighted by molar-refractivity contribution is 7.17. The smallest absolute Gasteiger partial charge is 0.265 e. The van der Waals surface area contributed by atoms with E-state index >= 15 is 0 Å². The molecule has 2 aromatic heterocycles. The number of nitrogens with one attached hydrogen (secondary N) is 2. The number of benzene rings is 2. The van der Waals surface area contributed by atoms with Gasteiger partial charge in [-0.1, -0.05) is 30.3 Å². The molecule has 2 aromatic carbocycles. The fraction of sp³-hybridized carbons (Fsp3) is 0.130. The first kappa shape index (κ1) is 21.3. The van der Waals surface area contributed by atoms with Crippen molar-refractivity contribution in [2.45, 2.75) is 6.92 Å². The molecule has 0 saturated heterocycles. The number of carbonyl (C=O) groups excluding carboxylic acids is 2. The van der Waals surface area contributed by atoms with E-state index in [0.717, 1.165) is 16.1 Å². The second-order valence-corrected chi connectivity index (χ2v) is 7.77. The van der Waals surface area contributed by atoms with Gasteiger partial charge >= 0.3 is 0 Å². The molecule has 0 saturated carbocycles. The maximum absolute atomic E-state index is 12.7. The number of carbonyl (C=O) groups is 2. The molecule has 0 atom stereocenters. The van der Waals surface area contributed by atoms with Crippen LogP contribution in [0.15, 0.2) is 73.3 Å². The zero-order valence-electron chi connectivity index (χ0n) is 17.3. The molecule has 0 radical (unpaired) electrons. The van der Waals surface area contributed by atoms with Gasteiger partial charge in [-0.25, -0.2) is 9.67 Å². The second-order valence-electron chi connectivity index (χ2n) is 6.72. The van der Waals surface area contributed by atoms with Gasteiger partial charge < -0.3 is 15.4 Å². The summed E-state index contributed by atoms with van der Waals surface area (Å²) in [5.41, 5.74) is 2.44. The van der Waals surface area contributed by atoms with Crippen molar-refractivity contribution < 1.29 is 14.3 Å². The number of rotatable bonds is 8. The molecule has 2 N–H and O–H groups in total. The van der Waals surface area contributed by atoms with Crippen molar-refractivity contribution in [1.82, 2.24) is 20.1 Å². The Morgan fingerprint density at radius 2 is 1.88 bits per heavy atom. The Balaban J connectivity index is 1.37. The lowest BCUT2D eigenvalue weighted by Gasteiger charge is -2.08. The van der Waals surface area contributed by atoms with Gasteiger partial charge in [0.2, 0.25) is 5.91 Å². The zero-order chi connectivity index (χ0) is 22.3. The van der Waals surface area contributed by atoms with Gasteiger partial charge in [-0.15, -0.1) is 11.3 Å². The van der Waals surface area contributed by atoms with Gasteiger partial charge in [0.1, 0.15) is 23.3 Å². The van der Waals surface area contributed by atoms with Gasteiger partial charge in [-0.3, -0.25) is 9.59 Å². The van der Waals surface area contributed by atoms with Crippen LogP contribution in [-0.4, -0.2) is 39.7 Å². The Morgan fingerprint density at radius 3 is 2.56 bits per heavy atom. The van der Waals surface area contributed by atoms with Gasteiger partial charge in [-0.2, -0.15) is 5.10 Å². The second kappa shape index (κ2) is 9.88. The molecule has 0 aliphatic heterocycles. The van der Waals surface area contributed by atoms with Crippen LogP contribution in [-0.2, 0) is 4.79 Å². The average molecular weight is 448 g/mol. The van der Waals surface area contributed by atoms with Crippen molar-refractivity contribution in [3.05, 3.63) is 78.2 Å². The lowest BCUT2D eigenvalue weighted by atomic mass is 10.2. The van der Waals surface area contributed by atoms with Crippen molar-refractivity contribution in [3.63, 3.8) is 0 Å². The van der Waals surface area contributed by atoms with Crippen molar-refractivity contribution in [2.75, 3.05) is 18.5 Å². The Morgan fingerprint density at radius 1 is 1.09 bits per heavy atom. The highest BCUT2D eigenvalue weighted by atomic mass is 32.1. The lowest BCUT2D eigenvalue weighted by molar-refractivity contribution is -0.115. The van der Waals surface area contributed by atoms with Crippen molar-refractivity contribution in [3.8, 4) is 21.9 Å². The summed E-state index contributed by atoms with van der Waals surface area (Å²) in [6.45, 7) is 2.15. The Kier molecular flexibility index (Phi) is 6.57. The molecule has 2 heterocycles. The minimum Gasteiger partial charge on any atom is -0.492 e. The molecule has 9 heteroatoms. The first-order valence-electron chi connectivity index (χ1n) is 9.99. The first-order valence-corrected chi connectivity index (χ1v) is 10.8. The molecule has 4 rings (SSSR count). The van der Waals surface area contributed by atoms with Gasteiger partial charge in [0, 0.05) is 10.6 Å². The van der Waals surface area contributed by atoms with Crippen LogP contribution in [0.3, 0.4) is 0 Å². The van der Waals surface area contributed by atoms with Crippen molar-refractivity contribution >= 4 is 28.8 Å². The monoisotopic (exact) mass is 447 g/mol. The molecule has 0 spiro atoms. The van der Waals surface area contributed by atoms with E-state index in [0.29, 0.717) is 22.9 Å². The van der Waals surface area contributed by atoms with E-state index in [1.807, 2.05) is 55.5 Å². The van der Waals surface area contributed by atoms with Crippen molar-refractivity contribution in [1.29, 1.82) is 0 Å². The summed E-state index contributed by atoms with van der Waals surface area (Å²) in [4.78, 5) is 30.3. The summed E-state index contributed by atoms with van der Waals surface area (Å²) in [6.07, 6.45) is 3.04. The van der Waals surface area contributed by atoms with E-state index in [9.17, 15) is 9.59 Å². The van der Waals surface area contributed by atoms with Crippen LogP contribution in [0, 0.1) is 0 Å². The minimum atomic E-state index is -0.350. The summed E-state index contributed by atoms with van der Waals surface area (Å²) < 4.78 is 7.26. The van der Waals surface area contributed by atoms with Crippen molar-refractivity contribution in [2.24, 2.45) is 0 Å². The van der Waals surface area contributed by atoms with E-state index < -0.39 is 0 Å². The highest BCUT2D eigenvalue weighted by Gasteiger charge is 2.19. The van der Waals surface area contributed by atoms with Gasteiger partial charge in [-0.05, 0) is 42.8 Å². The molecule has 0 fully saturated rings. The Bertz CT molecular complexity index is 1190. The molecule has 8 nitrogen and oxygen atoms in total. The van der Waals surface area contributed by atoms with E-state index in [1.165, 1.54) is 17.7 Å². The van der Waals surface area contributed by atoms with Crippen LogP contribution >= 0.6 is 11.3 Å². The molecule has 2 amide bonds. The third-order valence-electron chi connectivity index (χ3n) is 4.51. The fourth-order valence-electron chi connectivity index (χ4n) is 3.03. The Hall–Kier alpha value is -3.98. The zero-order valence-corrected chi connectivity index (χ0v) is 18.1. The first-order chi connectivity index (χ1) is 15.6. The number of thiophene rings is 1. The lowest BCUT2D eigenvalue weighted by Crippen LogP contribution is -2.32. The summed E-state index contributed by atoms with van der Waals surface area (Å²) >= 11 is 1.33. The SMILES string of the molecule is CCOc1cc(-c2ccccc2)sc1C(=O)NCC(=O)Nc1ccc(-n2cncn2)cc1. The number of amides is 2. The highest BCUT2D eigenvalue weighted by Crippen LogP contribution is 2.36. The summed E-state index contributed by atoms with van der Waals surface area (Å²) in [6, 6.07) is 18.8. The van der Waals surface area contributed by atoms with Crippen LogP contribution in [0.4, 0.5) is 5.69 Å². The summed E-state index contributed by atoms with van der Waals surface area (Å²) in [5.74, 6) is -0.167. The van der Waals surface area contributed by atoms with Crippen LogP contribution in [0.1, 0.15) is 16.6 Å². The van der Waals surface area contributed by atoms with Gasteiger partial charge in [0.05, 0.1) is 18.8 Å². The quantitative estimate of drug-likeness (QED) is 0.429. The van der Waals surface area contributed by atoms with Crippen LogP contribution in [0.2, 0.25) is 0 Å². The number of ether oxygens (including phenoxy) is 1. The third-order valence-corrected chi connectivity index (χ3v) is 5.67. The Labute approximate surface area is 188 Å².